The summed E-state index contributed by atoms with van der Waals surface area (Å²) in [4.78, 5) is 5.34. The minimum Gasteiger partial charge on any atom is -0.281 e. The van der Waals surface area contributed by atoms with Gasteiger partial charge in [0.1, 0.15) is 0 Å². The van der Waals surface area contributed by atoms with Crippen LogP contribution >= 0.6 is 0 Å². The van der Waals surface area contributed by atoms with Crippen LogP contribution in [0.15, 0.2) is 163 Å². The van der Waals surface area contributed by atoms with Crippen molar-refractivity contribution in [2.75, 3.05) is 0 Å². The molecule has 0 aliphatic carbocycles. The van der Waals surface area contributed by atoms with Gasteiger partial charge in [0.05, 0.1) is 6.04 Å². The topological polar surface area (TPSA) is 12.4 Å². The standard InChI is InChI=1S/C46H37N/c1-3-15-44(47-31(2)32-16-5-4-6-17-32)38-26-13-25-37-36(38)24-14-27-39(37)46-42-22-11-9-20-40(42)45(41-21-10-12-23-43(41)46)35-29-28-33-18-7-8-19-34(33)30-35/h4-14,16-30,44H,3,15H2,1-2H3. The predicted molar refractivity (Wildman–Crippen MR) is 204 cm³/mol. The van der Waals surface area contributed by atoms with Gasteiger partial charge in [0.25, 0.3) is 0 Å². The van der Waals surface area contributed by atoms with Crippen molar-refractivity contribution in [3.05, 3.63) is 169 Å². The third-order valence-corrected chi connectivity index (χ3v) is 9.66. The highest BCUT2D eigenvalue weighted by molar-refractivity contribution is 6.23. The van der Waals surface area contributed by atoms with Crippen LogP contribution in [0.1, 0.15) is 43.9 Å². The molecule has 1 unspecified atom stereocenters. The Kier molecular flexibility index (Phi) is 7.59. The average molecular weight is 604 g/mol. The van der Waals surface area contributed by atoms with Gasteiger partial charge < -0.3 is 0 Å². The van der Waals surface area contributed by atoms with Crippen LogP contribution in [0.3, 0.4) is 0 Å². The lowest BCUT2D eigenvalue weighted by Crippen LogP contribution is -2.03. The largest absolute Gasteiger partial charge is 0.281 e. The van der Waals surface area contributed by atoms with Crippen molar-refractivity contribution in [2.24, 2.45) is 4.99 Å². The second-order valence-corrected chi connectivity index (χ2v) is 12.5. The second-order valence-electron chi connectivity index (χ2n) is 12.5. The number of hydrogen-bond acceptors (Lipinski definition) is 1. The van der Waals surface area contributed by atoms with Crippen molar-refractivity contribution in [1.29, 1.82) is 0 Å². The maximum atomic E-state index is 5.34. The summed E-state index contributed by atoms with van der Waals surface area (Å²) in [5, 5.41) is 10.2. The summed E-state index contributed by atoms with van der Waals surface area (Å²) in [6.45, 7) is 4.40. The van der Waals surface area contributed by atoms with Gasteiger partial charge >= 0.3 is 0 Å². The van der Waals surface area contributed by atoms with Gasteiger partial charge in [-0.1, -0.05) is 165 Å². The molecule has 0 aromatic heterocycles. The van der Waals surface area contributed by atoms with Crippen LogP contribution < -0.4 is 0 Å². The summed E-state index contributed by atoms with van der Waals surface area (Å²) in [6.07, 6.45) is 2.07. The van der Waals surface area contributed by atoms with E-state index in [0.29, 0.717) is 0 Å². The van der Waals surface area contributed by atoms with E-state index in [0.717, 1.165) is 18.6 Å². The summed E-state index contributed by atoms with van der Waals surface area (Å²) < 4.78 is 0. The Hall–Kier alpha value is -5.53. The number of aliphatic imine (C=N–C) groups is 1. The zero-order chi connectivity index (χ0) is 31.7. The smallest absolute Gasteiger partial charge is 0.0758 e. The quantitative estimate of drug-likeness (QED) is 0.127. The Bertz CT molecular complexity index is 2380. The molecular weight excluding hydrogens is 567 g/mol. The van der Waals surface area contributed by atoms with Crippen molar-refractivity contribution >= 4 is 48.8 Å². The van der Waals surface area contributed by atoms with Crippen LogP contribution in [0, 0.1) is 0 Å². The van der Waals surface area contributed by atoms with E-state index in [2.05, 4.69) is 172 Å². The minimum absolute atomic E-state index is 0.0860. The average Bonchev–Trinajstić information content (AvgIpc) is 3.13. The normalized spacial score (nSPS) is 12.7. The number of hydrogen-bond donors (Lipinski definition) is 0. The molecule has 8 aromatic rings. The third kappa shape index (κ3) is 5.19. The first-order valence-electron chi connectivity index (χ1n) is 16.8. The molecule has 0 saturated heterocycles. The van der Waals surface area contributed by atoms with Crippen molar-refractivity contribution in [1.82, 2.24) is 0 Å². The van der Waals surface area contributed by atoms with Gasteiger partial charge in [0.2, 0.25) is 0 Å². The van der Waals surface area contributed by atoms with E-state index in [4.69, 9.17) is 4.99 Å². The maximum absolute atomic E-state index is 5.34. The number of benzene rings is 8. The van der Waals surface area contributed by atoms with Gasteiger partial charge in [-0.05, 0) is 95.9 Å². The lowest BCUT2D eigenvalue weighted by Gasteiger charge is -2.21. The molecule has 0 fully saturated rings. The Morgan fingerprint density at radius 3 is 1.79 bits per heavy atom. The molecular formula is C46H37N. The van der Waals surface area contributed by atoms with Gasteiger partial charge in [0.15, 0.2) is 0 Å². The van der Waals surface area contributed by atoms with Crippen molar-refractivity contribution in [3.8, 4) is 22.3 Å². The number of nitrogens with zero attached hydrogens (tertiary/aromatic N) is 1. The maximum Gasteiger partial charge on any atom is 0.0758 e. The van der Waals surface area contributed by atoms with Gasteiger partial charge in [-0.3, -0.25) is 4.99 Å². The van der Waals surface area contributed by atoms with Crippen LogP contribution in [-0.4, -0.2) is 5.71 Å². The van der Waals surface area contributed by atoms with Crippen LogP contribution in [0.2, 0.25) is 0 Å². The summed E-state index contributed by atoms with van der Waals surface area (Å²) in [5.41, 5.74) is 8.65. The predicted octanol–water partition coefficient (Wildman–Crippen LogP) is 13.0. The Morgan fingerprint density at radius 1 is 0.511 bits per heavy atom. The molecule has 8 rings (SSSR count). The van der Waals surface area contributed by atoms with E-state index in [9.17, 15) is 0 Å². The molecule has 0 aliphatic rings. The lowest BCUT2D eigenvalue weighted by molar-refractivity contribution is 0.645. The summed E-state index contributed by atoms with van der Waals surface area (Å²) in [6, 6.07) is 57.7. The van der Waals surface area contributed by atoms with Crippen molar-refractivity contribution in [3.63, 3.8) is 0 Å². The first-order chi connectivity index (χ1) is 23.2. The number of fused-ring (bicyclic) bond motifs is 4. The molecule has 8 aromatic carbocycles. The molecule has 226 valence electrons. The van der Waals surface area contributed by atoms with Crippen LogP contribution in [0.4, 0.5) is 0 Å². The highest BCUT2D eigenvalue weighted by Crippen LogP contribution is 2.46. The van der Waals surface area contributed by atoms with Crippen LogP contribution in [0.25, 0.3) is 65.3 Å². The van der Waals surface area contributed by atoms with Gasteiger partial charge in [-0.2, -0.15) is 0 Å². The molecule has 47 heavy (non-hydrogen) atoms. The zero-order valence-corrected chi connectivity index (χ0v) is 26.9. The van der Waals surface area contributed by atoms with Gasteiger partial charge in [-0.25, -0.2) is 0 Å². The number of rotatable bonds is 7. The molecule has 0 aliphatic heterocycles. The van der Waals surface area contributed by atoms with Crippen LogP contribution in [0.5, 0.6) is 0 Å². The fourth-order valence-corrected chi connectivity index (χ4v) is 7.47. The Labute approximate surface area is 276 Å². The lowest BCUT2D eigenvalue weighted by atomic mass is 9.83. The molecule has 1 atom stereocenters. The summed E-state index contributed by atoms with van der Waals surface area (Å²) in [5.74, 6) is 0. The van der Waals surface area contributed by atoms with E-state index in [1.54, 1.807) is 0 Å². The van der Waals surface area contributed by atoms with E-state index in [1.807, 2.05) is 0 Å². The highest BCUT2D eigenvalue weighted by Gasteiger charge is 2.20. The first kappa shape index (κ1) is 28.9. The van der Waals surface area contributed by atoms with E-state index < -0.39 is 0 Å². The van der Waals surface area contributed by atoms with Crippen molar-refractivity contribution in [2.45, 2.75) is 32.7 Å². The van der Waals surface area contributed by atoms with Gasteiger partial charge in [0, 0.05) is 5.71 Å². The van der Waals surface area contributed by atoms with Crippen LogP contribution in [-0.2, 0) is 0 Å². The summed E-state index contributed by atoms with van der Waals surface area (Å²) >= 11 is 0. The fraction of sp³-hybridized carbons (Fsp3) is 0.109. The minimum atomic E-state index is 0.0860. The third-order valence-electron chi connectivity index (χ3n) is 9.66. The summed E-state index contributed by atoms with van der Waals surface area (Å²) in [7, 11) is 0. The molecule has 1 nitrogen and oxygen atoms in total. The van der Waals surface area contributed by atoms with E-state index >= 15 is 0 Å². The van der Waals surface area contributed by atoms with Crippen molar-refractivity contribution < 1.29 is 0 Å². The molecule has 0 heterocycles. The van der Waals surface area contributed by atoms with Gasteiger partial charge in [-0.15, -0.1) is 0 Å². The second kappa shape index (κ2) is 12.3. The molecule has 0 saturated carbocycles. The molecule has 0 N–H and O–H groups in total. The zero-order valence-electron chi connectivity index (χ0n) is 26.9. The fourth-order valence-electron chi connectivity index (χ4n) is 7.47. The molecule has 0 radical (unpaired) electrons. The highest BCUT2D eigenvalue weighted by atomic mass is 14.8. The first-order valence-corrected chi connectivity index (χ1v) is 16.8. The Morgan fingerprint density at radius 2 is 1.09 bits per heavy atom. The SMILES string of the molecule is CCCC(N=C(C)c1ccccc1)c1cccc2c(-c3c4ccccc4c(-c4ccc5ccccc5c4)c4ccccc34)cccc12. The molecule has 1 heteroatoms. The molecule has 0 bridgehead atoms. The monoisotopic (exact) mass is 603 g/mol. The molecule has 0 amide bonds. The van der Waals surface area contributed by atoms with E-state index in [-0.39, 0.29) is 6.04 Å². The Balaban J connectivity index is 1.37. The molecule has 0 spiro atoms. The van der Waals surface area contributed by atoms with E-state index in [1.165, 1.54) is 76.5 Å².